The number of aromatic nitrogens is 2. The van der Waals surface area contributed by atoms with E-state index in [9.17, 15) is 24.0 Å². The van der Waals surface area contributed by atoms with Gasteiger partial charge in [0.05, 0.1) is 45.2 Å². The summed E-state index contributed by atoms with van der Waals surface area (Å²) in [7, 11) is 4.74. The van der Waals surface area contributed by atoms with Gasteiger partial charge >= 0.3 is 5.97 Å². The summed E-state index contributed by atoms with van der Waals surface area (Å²) in [6, 6.07) is 28.3. The van der Waals surface area contributed by atoms with Crippen molar-refractivity contribution in [2.75, 3.05) is 41.0 Å². The van der Waals surface area contributed by atoms with Crippen LogP contribution in [0.25, 0.3) is 11.0 Å². The molecule has 1 saturated heterocycles. The van der Waals surface area contributed by atoms with Gasteiger partial charge < -0.3 is 39.0 Å². The van der Waals surface area contributed by atoms with Crippen LogP contribution >= 0.6 is 0 Å². The highest BCUT2D eigenvalue weighted by Gasteiger charge is 2.42. The van der Waals surface area contributed by atoms with Crippen molar-refractivity contribution in [3.8, 4) is 11.5 Å². The van der Waals surface area contributed by atoms with Crippen LogP contribution in [0.3, 0.4) is 0 Å². The van der Waals surface area contributed by atoms with Crippen molar-refractivity contribution in [3.05, 3.63) is 135 Å². The molecule has 0 radical (unpaired) electrons. The summed E-state index contributed by atoms with van der Waals surface area (Å²) in [6.45, 7) is 4.94. The summed E-state index contributed by atoms with van der Waals surface area (Å²) in [5, 5.41) is 5.79. The lowest BCUT2D eigenvalue weighted by Gasteiger charge is -2.38. The number of amides is 3. The van der Waals surface area contributed by atoms with E-state index < -0.39 is 29.6 Å². The molecule has 332 valence electrons. The van der Waals surface area contributed by atoms with Gasteiger partial charge in [-0.15, -0.1) is 0 Å². The third-order valence-electron chi connectivity index (χ3n) is 11.5. The monoisotopic (exact) mass is 859 g/mol. The summed E-state index contributed by atoms with van der Waals surface area (Å²) < 4.78 is 25.8. The first kappa shape index (κ1) is 46.0. The highest BCUT2D eigenvalue weighted by atomic mass is 16.5. The van der Waals surface area contributed by atoms with E-state index in [2.05, 4.69) is 15.6 Å². The Morgan fingerprint density at radius 2 is 1.46 bits per heavy atom. The normalized spacial score (nSPS) is 14.9. The summed E-state index contributed by atoms with van der Waals surface area (Å²) in [6.07, 6.45) is 3.22. The van der Waals surface area contributed by atoms with E-state index in [-0.39, 0.29) is 55.2 Å². The molecule has 0 bridgehead atoms. The Morgan fingerprint density at radius 1 is 0.810 bits per heavy atom. The topological polar surface area (TPSA) is 167 Å². The van der Waals surface area contributed by atoms with Gasteiger partial charge in [0, 0.05) is 51.3 Å². The molecule has 0 saturated carbocycles. The van der Waals surface area contributed by atoms with E-state index in [0.29, 0.717) is 61.3 Å². The number of nitrogens with one attached hydrogen (secondary N) is 2. The summed E-state index contributed by atoms with van der Waals surface area (Å²) in [5.41, 5.74) is 2.44. The van der Waals surface area contributed by atoms with E-state index in [0.717, 1.165) is 22.4 Å². The van der Waals surface area contributed by atoms with E-state index >= 15 is 0 Å². The molecule has 3 aromatic carbocycles. The molecule has 3 heterocycles. The Bertz CT molecular complexity index is 2370. The number of benzene rings is 3. The second-order valence-corrected chi connectivity index (χ2v) is 15.6. The van der Waals surface area contributed by atoms with Gasteiger partial charge in [-0.1, -0.05) is 61.0 Å². The standard InChI is InChI=1S/C49H57N5O9/c1-6-53-31-42(46(58)41-25-16-33(2)52-47(41)53)48(59)51-28-12-8-11-15-44(56)54-30-40(63-45(57)27-26-43(55)50-3)29-37(54)32-62-49(34-13-9-7-10-14-34,35-17-21-38(60-4)22-18-35)36-19-23-39(61-5)24-20-36/h7,9-10,13-14,16-25,31,37,40H,6,8,11-12,15,26-30,32H2,1-5H3,(H,50,55)(H,51,59)/t37-,40+/m0/s1. The Morgan fingerprint density at radius 3 is 2.08 bits per heavy atom. The van der Waals surface area contributed by atoms with Gasteiger partial charge in [-0.05, 0) is 79.8 Å². The van der Waals surface area contributed by atoms with Gasteiger partial charge in [0.15, 0.2) is 0 Å². The minimum absolute atomic E-state index is 0.00272. The average Bonchev–Trinajstić information content (AvgIpc) is 3.72. The van der Waals surface area contributed by atoms with Crippen LogP contribution in [0.1, 0.15) is 84.6 Å². The third kappa shape index (κ3) is 10.9. The number of methoxy groups -OCH3 is 2. The predicted molar refractivity (Wildman–Crippen MR) is 239 cm³/mol. The van der Waals surface area contributed by atoms with Gasteiger partial charge in [0.1, 0.15) is 34.4 Å². The molecule has 1 aliphatic rings. The van der Waals surface area contributed by atoms with Crippen LogP contribution in [0.15, 0.2) is 102 Å². The minimum Gasteiger partial charge on any atom is -0.497 e. The number of ether oxygens (including phenoxy) is 4. The number of carbonyl (C=O) groups excluding carboxylic acids is 4. The maximum Gasteiger partial charge on any atom is 0.306 e. The van der Waals surface area contributed by atoms with Crippen molar-refractivity contribution in [3.63, 3.8) is 0 Å². The number of carbonyl (C=O) groups is 4. The van der Waals surface area contributed by atoms with Crippen molar-refractivity contribution < 1.29 is 38.1 Å². The molecule has 0 unspecified atom stereocenters. The van der Waals surface area contributed by atoms with Gasteiger partial charge in [-0.3, -0.25) is 24.0 Å². The summed E-state index contributed by atoms with van der Waals surface area (Å²) >= 11 is 0. The smallest absolute Gasteiger partial charge is 0.306 e. The number of likely N-dealkylation sites (tertiary alicyclic amines) is 1. The highest BCUT2D eigenvalue weighted by Crippen LogP contribution is 2.42. The zero-order valence-electron chi connectivity index (χ0n) is 36.7. The van der Waals surface area contributed by atoms with Crippen molar-refractivity contribution in [1.29, 1.82) is 0 Å². The maximum atomic E-state index is 14.1. The van der Waals surface area contributed by atoms with Gasteiger partial charge in [0.25, 0.3) is 5.91 Å². The fraction of sp³-hybridized carbons (Fsp3) is 0.388. The number of fused-ring (bicyclic) bond motifs is 1. The number of esters is 1. The molecule has 0 spiro atoms. The van der Waals surface area contributed by atoms with Crippen LogP contribution in [-0.4, -0.2) is 91.3 Å². The van der Waals surface area contributed by atoms with Crippen LogP contribution in [-0.2, 0) is 36.0 Å². The van der Waals surface area contributed by atoms with Crippen molar-refractivity contribution >= 4 is 34.7 Å². The molecule has 3 amide bonds. The molecule has 6 rings (SSSR count). The van der Waals surface area contributed by atoms with Crippen molar-refractivity contribution in [2.45, 2.75) is 83.1 Å². The zero-order valence-corrected chi connectivity index (χ0v) is 36.7. The van der Waals surface area contributed by atoms with E-state index in [1.54, 1.807) is 42.0 Å². The van der Waals surface area contributed by atoms with Gasteiger partial charge in [0.2, 0.25) is 17.2 Å². The maximum absolute atomic E-state index is 14.1. The lowest BCUT2D eigenvalue weighted by molar-refractivity contribution is -0.150. The van der Waals surface area contributed by atoms with Crippen LogP contribution in [0.4, 0.5) is 0 Å². The second kappa shape index (κ2) is 21.5. The molecule has 5 aromatic rings. The highest BCUT2D eigenvalue weighted by molar-refractivity contribution is 5.96. The number of rotatable bonds is 20. The molecule has 14 nitrogen and oxygen atoms in total. The molecular formula is C49H57N5O9. The number of hydrogen-bond acceptors (Lipinski definition) is 10. The van der Waals surface area contributed by atoms with Crippen molar-refractivity contribution in [2.24, 2.45) is 0 Å². The molecule has 0 aliphatic carbocycles. The number of aryl methyl sites for hydroxylation is 2. The largest absolute Gasteiger partial charge is 0.497 e. The zero-order chi connectivity index (χ0) is 44.9. The van der Waals surface area contributed by atoms with E-state index in [1.807, 2.05) is 92.7 Å². The fourth-order valence-electron chi connectivity index (χ4n) is 8.08. The molecule has 63 heavy (non-hydrogen) atoms. The molecular weight excluding hydrogens is 803 g/mol. The van der Waals surface area contributed by atoms with Crippen LogP contribution < -0.4 is 25.5 Å². The van der Waals surface area contributed by atoms with Gasteiger partial charge in [-0.2, -0.15) is 0 Å². The lowest BCUT2D eigenvalue weighted by atomic mass is 9.80. The number of nitrogens with zero attached hydrogens (tertiary/aromatic N) is 3. The van der Waals surface area contributed by atoms with E-state index in [4.69, 9.17) is 18.9 Å². The number of unbranched alkanes of at least 4 members (excludes halogenated alkanes) is 2. The van der Waals surface area contributed by atoms with Gasteiger partial charge in [-0.25, -0.2) is 4.98 Å². The third-order valence-corrected chi connectivity index (χ3v) is 11.5. The lowest BCUT2D eigenvalue weighted by Crippen LogP contribution is -2.42. The van der Waals surface area contributed by atoms with Crippen molar-refractivity contribution in [1.82, 2.24) is 25.1 Å². The Labute approximate surface area is 367 Å². The van der Waals surface area contributed by atoms with Crippen LogP contribution in [0, 0.1) is 6.92 Å². The second-order valence-electron chi connectivity index (χ2n) is 15.6. The van der Waals surface area contributed by atoms with Crippen LogP contribution in [0.5, 0.6) is 11.5 Å². The Kier molecular flexibility index (Phi) is 15.7. The number of hydrogen-bond donors (Lipinski definition) is 2. The molecule has 14 heteroatoms. The summed E-state index contributed by atoms with van der Waals surface area (Å²) in [5.74, 6) is 0.0226. The summed E-state index contributed by atoms with van der Waals surface area (Å²) in [4.78, 5) is 71.5. The number of pyridine rings is 2. The predicted octanol–water partition coefficient (Wildman–Crippen LogP) is 6.08. The Hall–Kier alpha value is -6.54. The molecule has 1 aliphatic heterocycles. The van der Waals surface area contributed by atoms with E-state index in [1.165, 1.54) is 7.05 Å². The first-order valence-electron chi connectivity index (χ1n) is 21.5. The first-order valence-corrected chi connectivity index (χ1v) is 21.5. The molecule has 2 aromatic heterocycles. The first-order chi connectivity index (χ1) is 30.5. The Balaban J connectivity index is 1.17. The average molecular weight is 860 g/mol. The molecule has 2 N–H and O–H groups in total. The fourth-order valence-corrected chi connectivity index (χ4v) is 8.08. The SMILES string of the molecule is CCn1cc(C(=O)NCCCCCC(=O)N2C[C@H](OC(=O)CCC(=O)NC)C[C@H]2COC(c2ccccc2)(c2ccc(OC)cc2)c2ccc(OC)cc2)c(=O)c2ccc(C)nc21. The minimum atomic E-state index is -1.13. The molecule has 2 atom stereocenters. The quantitative estimate of drug-likeness (QED) is 0.0532. The molecule has 1 fully saturated rings. The van der Waals surface area contributed by atoms with Crippen LogP contribution in [0.2, 0.25) is 0 Å².